The maximum Gasteiger partial charge on any atom is 0.271 e. The Hall–Kier alpha value is -2.45. The van der Waals surface area contributed by atoms with Crippen LogP contribution in [0, 0.1) is 10.1 Å². The quantitative estimate of drug-likeness (QED) is 0.661. The van der Waals surface area contributed by atoms with E-state index < -0.39 is 16.4 Å². The standard InChI is InChI=1S/C11H6Cl2N4O4/c12-7-4-5(17(20)21)3-6(10(7)13)11(19)14-8-1-2-9(18)16-15-8/h1-4H,(H,16,18)(H,14,15,19). The van der Waals surface area contributed by atoms with Gasteiger partial charge in [-0.25, -0.2) is 5.10 Å². The summed E-state index contributed by atoms with van der Waals surface area (Å²) in [5, 5.41) is 18.5. The van der Waals surface area contributed by atoms with Crippen LogP contribution >= 0.6 is 23.2 Å². The number of nitrogens with one attached hydrogen (secondary N) is 2. The van der Waals surface area contributed by atoms with Gasteiger partial charge in [-0.15, -0.1) is 0 Å². The second kappa shape index (κ2) is 5.90. The van der Waals surface area contributed by atoms with Crippen molar-refractivity contribution >= 4 is 40.6 Å². The number of aromatic amines is 1. The first-order valence-electron chi connectivity index (χ1n) is 5.39. The van der Waals surface area contributed by atoms with Crippen molar-refractivity contribution in [3.63, 3.8) is 0 Å². The summed E-state index contributed by atoms with van der Waals surface area (Å²) in [7, 11) is 0. The SMILES string of the molecule is O=C(Nc1ccc(=O)[nH]n1)c1cc([N+](=O)[O-])cc(Cl)c1Cl. The van der Waals surface area contributed by atoms with Gasteiger partial charge >= 0.3 is 0 Å². The van der Waals surface area contributed by atoms with Crippen LogP contribution in [0.2, 0.25) is 10.0 Å². The molecule has 1 aromatic heterocycles. The molecule has 2 aromatic rings. The van der Waals surface area contributed by atoms with E-state index in [0.29, 0.717) is 0 Å². The molecule has 1 amide bonds. The molecule has 0 atom stereocenters. The van der Waals surface area contributed by atoms with Crippen LogP contribution in [0.25, 0.3) is 0 Å². The largest absolute Gasteiger partial charge is 0.305 e. The van der Waals surface area contributed by atoms with Crippen molar-refractivity contribution in [2.24, 2.45) is 0 Å². The molecule has 21 heavy (non-hydrogen) atoms. The molecule has 10 heteroatoms. The number of non-ortho nitro benzene ring substituents is 1. The summed E-state index contributed by atoms with van der Waals surface area (Å²) in [6, 6.07) is 4.46. The normalized spacial score (nSPS) is 10.2. The summed E-state index contributed by atoms with van der Waals surface area (Å²) in [6.07, 6.45) is 0. The van der Waals surface area contributed by atoms with Crippen molar-refractivity contribution < 1.29 is 9.72 Å². The number of nitrogens with zero attached hydrogens (tertiary/aromatic N) is 2. The Balaban J connectivity index is 2.36. The number of carbonyl (C=O) groups excluding carboxylic acids is 1. The molecule has 1 aromatic carbocycles. The molecule has 108 valence electrons. The third-order valence-electron chi connectivity index (χ3n) is 2.39. The molecule has 2 N–H and O–H groups in total. The third kappa shape index (κ3) is 3.36. The highest BCUT2D eigenvalue weighted by molar-refractivity contribution is 6.44. The van der Waals surface area contributed by atoms with Crippen LogP contribution in [-0.4, -0.2) is 21.0 Å². The molecule has 0 fully saturated rings. The van der Waals surface area contributed by atoms with Crippen LogP contribution < -0.4 is 10.9 Å². The Morgan fingerprint density at radius 3 is 2.62 bits per heavy atom. The van der Waals surface area contributed by atoms with Crippen LogP contribution in [-0.2, 0) is 0 Å². The number of hydrogen-bond acceptors (Lipinski definition) is 5. The zero-order chi connectivity index (χ0) is 15.6. The fourth-order valence-electron chi connectivity index (χ4n) is 1.44. The lowest BCUT2D eigenvalue weighted by Crippen LogP contribution is -2.16. The van der Waals surface area contributed by atoms with Gasteiger partial charge in [0, 0.05) is 18.2 Å². The van der Waals surface area contributed by atoms with Gasteiger partial charge in [-0.05, 0) is 6.07 Å². The Bertz CT molecular complexity index is 770. The first kappa shape index (κ1) is 14.9. The fraction of sp³-hybridized carbons (Fsp3) is 0. The lowest BCUT2D eigenvalue weighted by molar-refractivity contribution is -0.384. The predicted molar refractivity (Wildman–Crippen MR) is 75.9 cm³/mol. The van der Waals surface area contributed by atoms with E-state index in [-0.39, 0.29) is 27.1 Å². The van der Waals surface area contributed by atoms with E-state index in [0.717, 1.165) is 18.2 Å². The molecule has 0 bridgehead atoms. The lowest BCUT2D eigenvalue weighted by atomic mass is 10.2. The van der Waals surface area contributed by atoms with Crippen LogP contribution in [0.1, 0.15) is 10.4 Å². The number of amides is 1. The molecule has 0 unspecified atom stereocenters. The summed E-state index contributed by atoms with van der Waals surface area (Å²) in [4.78, 5) is 32.9. The van der Waals surface area contributed by atoms with Gasteiger partial charge in [0.15, 0.2) is 5.82 Å². The van der Waals surface area contributed by atoms with Crippen LogP contribution in [0.3, 0.4) is 0 Å². The van der Waals surface area contributed by atoms with Gasteiger partial charge in [0.05, 0.1) is 20.5 Å². The average Bonchev–Trinajstić information content (AvgIpc) is 2.43. The van der Waals surface area contributed by atoms with Crippen molar-refractivity contribution in [1.29, 1.82) is 0 Å². The van der Waals surface area contributed by atoms with Gasteiger partial charge in [0.2, 0.25) is 0 Å². The Morgan fingerprint density at radius 2 is 2.05 bits per heavy atom. The number of rotatable bonds is 3. The monoisotopic (exact) mass is 328 g/mol. The number of benzene rings is 1. The van der Waals surface area contributed by atoms with Crippen molar-refractivity contribution in [3.8, 4) is 0 Å². The molecular formula is C11H6Cl2N4O4. The zero-order valence-corrected chi connectivity index (χ0v) is 11.6. The number of anilines is 1. The summed E-state index contributed by atoms with van der Waals surface area (Å²) >= 11 is 11.6. The van der Waals surface area contributed by atoms with Gasteiger partial charge in [0.25, 0.3) is 17.2 Å². The lowest BCUT2D eigenvalue weighted by Gasteiger charge is -2.06. The molecule has 0 radical (unpaired) electrons. The molecule has 0 aliphatic rings. The van der Waals surface area contributed by atoms with E-state index in [4.69, 9.17) is 23.2 Å². The minimum atomic E-state index is -0.745. The van der Waals surface area contributed by atoms with Crippen LogP contribution in [0.5, 0.6) is 0 Å². The summed E-state index contributed by atoms with van der Waals surface area (Å²) in [5.74, 6) is -0.691. The fourth-order valence-corrected chi connectivity index (χ4v) is 1.85. The second-order valence-electron chi connectivity index (χ2n) is 3.81. The number of aromatic nitrogens is 2. The Morgan fingerprint density at radius 1 is 1.33 bits per heavy atom. The van der Waals surface area contributed by atoms with E-state index in [1.165, 1.54) is 6.07 Å². The minimum Gasteiger partial charge on any atom is -0.305 e. The number of hydrogen-bond donors (Lipinski definition) is 2. The highest BCUT2D eigenvalue weighted by Gasteiger charge is 2.19. The third-order valence-corrected chi connectivity index (χ3v) is 3.19. The predicted octanol–water partition coefficient (Wildman–Crippen LogP) is 2.24. The number of carbonyl (C=O) groups is 1. The molecule has 0 spiro atoms. The maximum atomic E-state index is 12.0. The number of halogens is 2. The molecule has 0 aliphatic carbocycles. The first-order chi connectivity index (χ1) is 9.88. The molecule has 1 heterocycles. The Kier molecular flexibility index (Phi) is 4.20. The topological polar surface area (TPSA) is 118 Å². The summed E-state index contributed by atoms with van der Waals surface area (Å²) in [5.41, 5.74) is -0.989. The molecular weight excluding hydrogens is 323 g/mol. The van der Waals surface area contributed by atoms with E-state index in [1.54, 1.807) is 0 Å². The van der Waals surface area contributed by atoms with Crippen molar-refractivity contribution in [3.05, 3.63) is 60.3 Å². The smallest absolute Gasteiger partial charge is 0.271 e. The molecule has 8 nitrogen and oxygen atoms in total. The zero-order valence-electron chi connectivity index (χ0n) is 10.1. The van der Waals surface area contributed by atoms with E-state index >= 15 is 0 Å². The first-order valence-corrected chi connectivity index (χ1v) is 6.14. The highest BCUT2D eigenvalue weighted by Crippen LogP contribution is 2.31. The highest BCUT2D eigenvalue weighted by atomic mass is 35.5. The Labute approximate surface area is 126 Å². The maximum absolute atomic E-state index is 12.0. The van der Waals surface area contributed by atoms with Crippen molar-refractivity contribution in [1.82, 2.24) is 10.2 Å². The summed E-state index contributed by atoms with van der Waals surface area (Å²) in [6.45, 7) is 0. The number of H-pyrrole nitrogens is 1. The molecule has 0 aliphatic heterocycles. The van der Waals surface area contributed by atoms with E-state index in [2.05, 4.69) is 15.5 Å². The van der Waals surface area contributed by atoms with Gasteiger partial charge in [0.1, 0.15) is 0 Å². The van der Waals surface area contributed by atoms with Gasteiger partial charge in [-0.1, -0.05) is 23.2 Å². The molecule has 2 rings (SSSR count). The van der Waals surface area contributed by atoms with Crippen LogP contribution in [0.15, 0.2) is 29.1 Å². The van der Waals surface area contributed by atoms with Crippen molar-refractivity contribution in [2.75, 3.05) is 5.32 Å². The van der Waals surface area contributed by atoms with Gasteiger partial charge in [-0.2, -0.15) is 5.10 Å². The molecule has 0 saturated heterocycles. The minimum absolute atomic E-state index is 0.0540. The number of nitro benzene ring substituents is 1. The second-order valence-corrected chi connectivity index (χ2v) is 4.59. The van der Waals surface area contributed by atoms with Gasteiger partial charge in [-0.3, -0.25) is 19.7 Å². The van der Waals surface area contributed by atoms with E-state index in [1.807, 2.05) is 0 Å². The molecule has 0 saturated carbocycles. The van der Waals surface area contributed by atoms with Crippen molar-refractivity contribution in [2.45, 2.75) is 0 Å². The average molecular weight is 329 g/mol. The summed E-state index contributed by atoms with van der Waals surface area (Å²) < 4.78 is 0. The van der Waals surface area contributed by atoms with Gasteiger partial charge < -0.3 is 5.32 Å². The van der Waals surface area contributed by atoms with E-state index in [9.17, 15) is 19.7 Å². The number of nitro groups is 1. The van der Waals surface area contributed by atoms with Crippen LogP contribution in [0.4, 0.5) is 11.5 Å².